The van der Waals surface area contributed by atoms with Crippen LogP contribution in [0, 0.1) is 6.92 Å². The third-order valence-electron chi connectivity index (χ3n) is 2.77. The highest BCUT2D eigenvalue weighted by atomic mass is 32.2. The van der Waals surface area contributed by atoms with E-state index in [0.29, 0.717) is 6.54 Å². The number of hydrogen-bond acceptors (Lipinski definition) is 5. The maximum Gasteiger partial charge on any atom is 0.244 e. The van der Waals surface area contributed by atoms with Gasteiger partial charge < -0.3 is 14.1 Å². The minimum atomic E-state index is -3.67. The van der Waals surface area contributed by atoms with Crippen molar-refractivity contribution in [1.82, 2.24) is 14.3 Å². The standard InChI is InChI=1S/C12H17N3O4S/c1-9(6-15-4-3-13-8-15)14-20(17,18)12-5-11(7-16)19-10(12)2/h3-5,8-9,14,16H,6-7H2,1-2H3. The molecular weight excluding hydrogens is 282 g/mol. The average Bonchev–Trinajstić information content (AvgIpc) is 2.97. The number of imidazole rings is 1. The first-order valence-electron chi connectivity index (χ1n) is 6.10. The maximum absolute atomic E-state index is 12.2. The van der Waals surface area contributed by atoms with Gasteiger partial charge in [-0.2, -0.15) is 0 Å². The van der Waals surface area contributed by atoms with E-state index < -0.39 is 10.0 Å². The van der Waals surface area contributed by atoms with Gasteiger partial charge in [0.15, 0.2) is 0 Å². The van der Waals surface area contributed by atoms with E-state index in [2.05, 4.69) is 9.71 Å². The van der Waals surface area contributed by atoms with Gasteiger partial charge >= 0.3 is 0 Å². The summed E-state index contributed by atoms with van der Waals surface area (Å²) >= 11 is 0. The number of rotatable bonds is 6. The quantitative estimate of drug-likeness (QED) is 0.816. The van der Waals surface area contributed by atoms with Crippen LogP contribution < -0.4 is 4.72 Å². The highest BCUT2D eigenvalue weighted by Gasteiger charge is 2.23. The van der Waals surface area contributed by atoms with Gasteiger partial charge in [0.25, 0.3) is 0 Å². The first-order chi connectivity index (χ1) is 9.42. The largest absolute Gasteiger partial charge is 0.462 e. The Balaban J connectivity index is 2.12. The van der Waals surface area contributed by atoms with Crippen molar-refractivity contribution < 1.29 is 17.9 Å². The molecule has 0 radical (unpaired) electrons. The van der Waals surface area contributed by atoms with Crippen molar-refractivity contribution in [3.05, 3.63) is 36.3 Å². The zero-order chi connectivity index (χ0) is 14.8. The van der Waals surface area contributed by atoms with Crippen LogP contribution in [0.4, 0.5) is 0 Å². The van der Waals surface area contributed by atoms with Crippen molar-refractivity contribution in [2.75, 3.05) is 0 Å². The Morgan fingerprint density at radius 2 is 2.30 bits per heavy atom. The molecule has 0 aliphatic carbocycles. The van der Waals surface area contributed by atoms with Gasteiger partial charge in [0.05, 0.1) is 6.33 Å². The maximum atomic E-state index is 12.2. The fraction of sp³-hybridized carbons (Fsp3) is 0.417. The van der Waals surface area contributed by atoms with Gasteiger partial charge in [0.2, 0.25) is 10.0 Å². The summed E-state index contributed by atoms with van der Waals surface area (Å²) in [5, 5.41) is 8.97. The predicted octanol–water partition coefficient (Wildman–Crippen LogP) is 0.644. The number of nitrogens with zero attached hydrogens (tertiary/aromatic N) is 2. The normalized spacial score (nSPS) is 13.6. The lowest BCUT2D eigenvalue weighted by Gasteiger charge is -2.14. The van der Waals surface area contributed by atoms with E-state index >= 15 is 0 Å². The van der Waals surface area contributed by atoms with Crippen LogP contribution in [-0.4, -0.2) is 29.1 Å². The molecule has 2 rings (SSSR count). The van der Waals surface area contributed by atoms with Crippen molar-refractivity contribution in [2.24, 2.45) is 0 Å². The molecule has 0 saturated carbocycles. The van der Waals surface area contributed by atoms with Crippen LogP contribution in [0.2, 0.25) is 0 Å². The van der Waals surface area contributed by atoms with Gasteiger partial charge in [-0.05, 0) is 13.8 Å². The number of aromatic nitrogens is 2. The van der Waals surface area contributed by atoms with Crippen LogP contribution in [0.1, 0.15) is 18.4 Å². The Bertz CT molecular complexity index is 661. The lowest BCUT2D eigenvalue weighted by atomic mass is 10.4. The molecule has 7 nitrogen and oxygen atoms in total. The smallest absolute Gasteiger partial charge is 0.244 e. The molecule has 0 amide bonds. The van der Waals surface area contributed by atoms with Crippen molar-refractivity contribution in [2.45, 2.75) is 37.9 Å². The molecule has 2 heterocycles. The Hall–Kier alpha value is -1.64. The Labute approximate surface area is 117 Å². The van der Waals surface area contributed by atoms with Gasteiger partial charge in [-0.15, -0.1) is 0 Å². The number of furan rings is 1. The first kappa shape index (κ1) is 14.8. The molecule has 20 heavy (non-hydrogen) atoms. The molecule has 0 bridgehead atoms. The van der Waals surface area contributed by atoms with Gasteiger partial charge in [-0.25, -0.2) is 18.1 Å². The molecule has 2 N–H and O–H groups in total. The van der Waals surface area contributed by atoms with E-state index in [1.165, 1.54) is 6.07 Å². The predicted molar refractivity (Wildman–Crippen MR) is 71.4 cm³/mol. The molecule has 2 aromatic rings. The summed E-state index contributed by atoms with van der Waals surface area (Å²) in [6.07, 6.45) is 5.02. The zero-order valence-corrected chi connectivity index (χ0v) is 12.1. The molecule has 110 valence electrons. The topological polar surface area (TPSA) is 97.4 Å². The molecule has 0 aromatic carbocycles. The Morgan fingerprint density at radius 3 is 2.85 bits per heavy atom. The van der Waals surface area contributed by atoms with Crippen LogP contribution in [0.3, 0.4) is 0 Å². The summed E-state index contributed by atoms with van der Waals surface area (Å²) in [7, 11) is -3.67. The van der Waals surface area contributed by atoms with Crippen LogP contribution in [0.25, 0.3) is 0 Å². The fourth-order valence-electron chi connectivity index (χ4n) is 1.95. The number of nitrogens with one attached hydrogen (secondary N) is 1. The van der Waals surface area contributed by atoms with E-state index in [4.69, 9.17) is 9.52 Å². The molecular formula is C12H17N3O4S. The van der Waals surface area contributed by atoms with Crippen LogP contribution in [0.15, 0.2) is 34.1 Å². The summed E-state index contributed by atoms with van der Waals surface area (Å²) in [5.74, 6) is 0.488. The molecule has 8 heteroatoms. The molecule has 0 aliphatic heterocycles. The van der Waals surface area contributed by atoms with E-state index in [1.807, 2.05) is 0 Å². The highest BCUT2D eigenvalue weighted by Crippen LogP contribution is 2.20. The van der Waals surface area contributed by atoms with E-state index in [1.54, 1.807) is 37.1 Å². The van der Waals surface area contributed by atoms with Crippen molar-refractivity contribution >= 4 is 10.0 Å². The summed E-state index contributed by atoms with van der Waals surface area (Å²) in [4.78, 5) is 3.96. The molecule has 1 unspecified atom stereocenters. The second-order valence-electron chi connectivity index (χ2n) is 4.57. The summed E-state index contributed by atoms with van der Waals surface area (Å²) in [6.45, 7) is 3.46. The lowest BCUT2D eigenvalue weighted by Crippen LogP contribution is -2.35. The van der Waals surface area contributed by atoms with Gasteiger partial charge in [-0.3, -0.25) is 0 Å². The third kappa shape index (κ3) is 3.27. The lowest BCUT2D eigenvalue weighted by molar-refractivity contribution is 0.244. The Morgan fingerprint density at radius 1 is 1.55 bits per heavy atom. The molecule has 2 aromatic heterocycles. The van der Waals surface area contributed by atoms with Gasteiger partial charge in [0, 0.05) is 31.0 Å². The second-order valence-corrected chi connectivity index (χ2v) is 6.26. The molecule has 0 fully saturated rings. The SMILES string of the molecule is Cc1oc(CO)cc1S(=O)(=O)NC(C)Cn1ccnc1. The molecule has 0 spiro atoms. The monoisotopic (exact) mass is 299 g/mol. The number of aliphatic hydroxyl groups excluding tert-OH is 1. The van der Waals surface area contributed by atoms with Crippen LogP contribution in [-0.2, 0) is 23.2 Å². The summed E-state index contributed by atoms with van der Waals surface area (Å²) in [5.41, 5.74) is 0. The zero-order valence-electron chi connectivity index (χ0n) is 11.3. The second kappa shape index (κ2) is 5.78. The van der Waals surface area contributed by atoms with Crippen molar-refractivity contribution in [3.8, 4) is 0 Å². The minimum absolute atomic E-state index is 0.0547. The first-order valence-corrected chi connectivity index (χ1v) is 7.59. The van der Waals surface area contributed by atoms with Crippen LogP contribution in [0.5, 0.6) is 0 Å². The number of sulfonamides is 1. The number of aliphatic hydroxyl groups is 1. The summed E-state index contributed by atoms with van der Waals surface area (Å²) < 4.78 is 34.0. The third-order valence-corrected chi connectivity index (χ3v) is 4.47. The highest BCUT2D eigenvalue weighted by molar-refractivity contribution is 7.89. The van der Waals surface area contributed by atoms with E-state index in [0.717, 1.165) is 0 Å². The molecule has 0 saturated heterocycles. The van der Waals surface area contributed by atoms with Crippen LogP contribution >= 0.6 is 0 Å². The van der Waals surface area contributed by atoms with Gasteiger partial charge in [-0.1, -0.05) is 0 Å². The number of aryl methyl sites for hydroxylation is 1. The summed E-state index contributed by atoms with van der Waals surface area (Å²) in [6, 6.07) is 1.03. The molecule has 0 aliphatic rings. The minimum Gasteiger partial charge on any atom is -0.462 e. The average molecular weight is 299 g/mol. The van der Waals surface area contributed by atoms with E-state index in [9.17, 15) is 8.42 Å². The number of hydrogen-bond donors (Lipinski definition) is 2. The van der Waals surface area contributed by atoms with Crippen molar-refractivity contribution in [3.63, 3.8) is 0 Å². The Kier molecular flexibility index (Phi) is 4.26. The van der Waals surface area contributed by atoms with Gasteiger partial charge in [0.1, 0.15) is 23.0 Å². The van der Waals surface area contributed by atoms with E-state index in [-0.39, 0.29) is 29.1 Å². The molecule has 1 atom stereocenters. The fourth-order valence-corrected chi connectivity index (χ4v) is 3.38. The van der Waals surface area contributed by atoms with Crippen molar-refractivity contribution in [1.29, 1.82) is 0 Å².